The van der Waals surface area contributed by atoms with Gasteiger partial charge in [0.1, 0.15) is 18.1 Å². The fourth-order valence-corrected chi connectivity index (χ4v) is 1.58. The van der Waals surface area contributed by atoms with Gasteiger partial charge < -0.3 is 9.84 Å². The lowest BCUT2D eigenvalue weighted by atomic mass is 10.2. The van der Waals surface area contributed by atoms with E-state index in [-0.39, 0.29) is 6.61 Å². The molecule has 0 aliphatic rings. The van der Waals surface area contributed by atoms with E-state index in [1.807, 2.05) is 42.5 Å². The molecule has 0 aliphatic heterocycles. The van der Waals surface area contributed by atoms with Gasteiger partial charge in [0.05, 0.1) is 5.02 Å². The highest BCUT2D eigenvalue weighted by Crippen LogP contribution is 2.28. The molecule has 0 amide bonds. The summed E-state index contributed by atoms with van der Waals surface area (Å²) in [6.07, 6.45) is 0. The van der Waals surface area contributed by atoms with E-state index in [1.165, 1.54) is 0 Å². The van der Waals surface area contributed by atoms with Crippen LogP contribution in [0.15, 0.2) is 48.5 Å². The van der Waals surface area contributed by atoms with Crippen LogP contribution in [0.5, 0.6) is 11.5 Å². The lowest BCUT2D eigenvalue weighted by Gasteiger charge is -2.06. The van der Waals surface area contributed by atoms with Crippen LogP contribution in [0.25, 0.3) is 0 Å². The zero-order chi connectivity index (χ0) is 12.8. The zero-order valence-electron chi connectivity index (χ0n) is 9.56. The Bertz CT molecular complexity index is 579. The first-order valence-electron chi connectivity index (χ1n) is 5.42. The molecule has 18 heavy (non-hydrogen) atoms. The van der Waals surface area contributed by atoms with Gasteiger partial charge in [-0.3, -0.25) is 0 Å². The van der Waals surface area contributed by atoms with Gasteiger partial charge in [0.2, 0.25) is 0 Å². The largest absolute Gasteiger partial charge is 0.456 e. The van der Waals surface area contributed by atoms with E-state index >= 15 is 0 Å². The normalized spacial score (nSPS) is 9.44. The summed E-state index contributed by atoms with van der Waals surface area (Å²) in [6.45, 7) is -0.141. The Morgan fingerprint density at radius 3 is 2.44 bits per heavy atom. The van der Waals surface area contributed by atoms with Gasteiger partial charge in [0, 0.05) is 5.56 Å². The molecule has 2 aromatic carbocycles. The molecule has 0 fully saturated rings. The summed E-state index contributed by atoms with van der Waals surface area (Å²) in [5.41, 5.74) is 0.829. The number of halogens is 1. The second-order valence-electron chi connectivity index (χ2n) is 3.52. The van der Waals surface area contributed by atoms with Crippen molar-refractivity contribution < 1.29 is 9.84 Å². The van der Waals surface area contributed by atoms with Crippen LogP contribution in [0.1, 0.15) is 5.56 Å². The van der Waals surface area contributed by atoms with Gasteiger partial charge in [0.25, 0.3) is 0 Å². The molecule has 0 aromatic heterocycles. The summed E-state index contributed by atoms with van der Waals surface area (Å²) in [6, 6.07) is 14.6. The third-order valence-electron chi connectivity index (χ3n) is 2.23. The maximum absolute atomic E-state index is 8.59. The third kappa shape index (κ3) is 3.27. The van der Waals surface area contributed by atoms with Gasteiger partial charge in [-0.2, -0.15) is 0 Å². The summed E-state index contributed by atoms with van der Waals surface area (Å²) in [5, 5.41) is 9.17. The first kappa shape index (κ1) is 12.5. The summed E-state index contributed by atoms with van der Waals surface area (Å²) >= 11 is 6.00. The number of benzene rings is 2. The number of para-hydroxylation sites is 1. The second kappa shape index (κ2) is 6.11. The minimum Gasteiger partial charge on any atom is -0.456 e. The van der Waals surface area contributed by atoms with E-state index in [2.05, 4.69) is 11.8 Å². The van der Waals surface area contributed by atoms with E-state index < -0.39 is 0 Å². The average Bonchev–Trinajstić information content (AvgIpc) is 2.41. The maximum Gasteiger partial charge on any atom is 0.146 e. The molecule has 0 spiro atoms. The molecule has 0 heterocycles. The summed E-state index contributed by atoms with van der Waals surface area (Å²) in [7, 11) is 0. The molecule has 0 unspecified atom stereocenters. The fraction of sp³-hybridized carbons (Fsp3) is 0.0667. The summed E-state index contributed by atoms with van der Waals surface area (Å²) in [5.74, 6) is 6.71. The highest BCUT2D eigenvalue weighted by molar-refractivity contribution is 6.32. The molecule has 3 heteroatoms. The van der Waals surface area contributed by atoms with Crippen LogP contribution in [-0.4, -0.2) is 11.7 Å². The molecule has 0 atom stereocenters. The van der Waals surface area contributed by atoms with Crippen molar-refractivity contribution >= 4 is 11.6 Å². The maximum atomic E-state index is 8.59. The van der Waals surface area contributed by atoms with Crippen LogP contribution >= 0.6 is 11.6 Å². The molecule has 0 bridgehead atoms. The monoisotopic (exact) mass is 258 g/mol. The average molecular weight is 259 g/mol. The van der Waals surface area contributed by atoms with E-state index in [0.717, 1.165) is 5.56 Å². The quantitative estimate of drug-likeness (QED) is 0.836. The topological polar surface area (TPSA) is 29.5 Å². The number of rotatable bonds is 2. The van der Waals surface area contributed by atoms with Crippen molar-refractivity contribution in [1.82, 2.24) is 0 Å². The van der Waals surface area contributed by atoms with Gasteiger partial charge in [0.15, 0.2) is 0 Å². The molecular weight excluding hydrogens is 248 g/mol. The third-order valence-corrected chi connectivity index (χ3v) is 2.54. The molecule has 0 saturated carbocycles. The Morgan fingerprint density at radius 2 is 1.78 bits per heavy atom. The van der Waals surface area contributed by atoms with E-state index in [1.54, 1.807) is 6.07 Å². The predicted molar refractivity (Wildman–Crippen MR) is 71.9 cm³/mol. The molecule has 1 N–H and O–H groups in total. The van der Waals surface area contributed by atoms with E-state index in [4.69, 9.17) is 21.4 Å². The number of aliphatic hydroxyl groups is 1. The lowest BCUT2D eigenvalue weighted by molar-refractivity contribution is 0.350. The molecule has 2 nitrogen and oxygen atoms in total. The molecule has 0 saturated heterocycles. The Kier molecular flexibility index (Phi) is 4.25. The Hall–Kier alpha value is -1.95. The number of ether oxygens (including phenoxy) is 1. The predicted octanol–water partition coefficient (Wildman–Crippen LogP) is 3.48. The Balaban J connectivity index is 2.14. The summed E-state index contributed by atoms with van der Waals surface area (Å²) < 4.78 is 5.64. The fourth-order valence-electron chi connectivity index (χ4n) is 1.40. The van der Waals surface area contributed by atoms with Crippen molar-refractivity contribution in [3.8, 4) is 23.3 Å². The number of aliphatic hydroxyl groups excluding tert-OH is 1. The van der Waals surface area contributed by atoms with Crippen molar-refractivity contribution in [2.24, 2.45) is 0 Å². The van der Waals surface area contributed by atoms with Crippen molar-refractivity contribution in [3.63, 3.8) is 0 Å². The van der Waals surface area contributed by atoms with Crippen molar-refractivity contribution in [2.75, 3.05) is 6.61 Å². The lowest BCUT2D eigenvalue weighted by Crippen LogP contribution is -1.85. The molecule has 90 valence electrons. The number of hydrogen-bond donors (Lipinski definition) is 1. The standard InChI is InChI=1S/C15H11ClO2/c16-14-5-1-2-6-15(14)18-13-9-7-12(8-10-13)4-3-11-17/h1-2,5-10,17H,11H2. The van der Waals surface area contributed by atoms with Gasteiger partial charge >= 0.3 is 0 Å². The second-order valence-corrected chi connectivity index (χ2v) is 3.92. The van der Waals surface area contributed by atoms with Crippen LogP contribution in [0, 0.1) is 11.8 Å². The molecule has 2 aromatic rings. The zero-order valence-corrected chi connectivity index (χ0v) is 10.3. The number of hydrogen-bond acceptors (Lipinski definition) is 2. The van der Waals surface area contributed by atoms with Crippen LogP contribution < -0.4 is 4.74 Å². The van der Waals surface area contributed by atoms with Crippen LogP contribution in [0.4, 0.5) is 0 Å². The molecule has 0 aliphatic carbocycles. The van der Waals surface area contributed by atoms with Gasteiger partial charge in [-0.25, -0.2) is 0 Å². The van der Waals surface area contributed by atoms with Crippen LogP contribution in [-0.2, 0) is 0 Å². The first-order chi connectivity index (χ1) is 8.79. The van der Waals surface area contributed by atoms with Gasteiger partial charge in [-0.1, -0.05) is 35.6 Å². The Labute approximate surface area is 111 Å². The minimum absolute atomic E-state index is 0.141. The smallest absolute Gasteiger partial charge is 0.146 e. The van der Waals surface area contributed by atoms with Gasteiger partial charge in [-0.15, -0.1) is 0 Å². The molecule has 0 radical (unpaired) electrons. The van der Waals surface area contributed by atoms with Crippen molar-refractivity contribution in [3.05, 3.63) is 59.1 Å². The summed E-state index contributed by atoms with van der Waals surface area (Å²) in [4.78, 5) is 0. The van der Waals surface area contributed by atoms with Crippen LogP contribution in [0.2, 0.25) is 5.02 Å². The van der Waals surface area contributed by atoms with Crippen LogP contribution in [0.3, 0.4) is 0 Å². The SMILES string of the molecule is OCC#Cc1ccc(Oc2ccccc2Cl)cc1. The van der Waals surface area contributed by atoms with E-state index in [9.17, 15) is 0 Å². The van der Waals surface area contributed by atoms with Crippen molar-refractivity contribution in [2.45, 2.75) is 0 Å². The van der Waals surface area contributed by atoms with Crippen molar-refractivity contribution in [1.29, 1.82) is 0 Å². The Morgan fingerprint density at radius 1 is 1.06 bits per heavy atom. The van der Waals surface area contributed by atoms with E-state index in [0.29, 0.717) is 16.5 Å². The minimum atomic E-state index is -0.141. The van der Waals surface area contributed by atoms with Gasteiger partial charge in [-0.05, 0) is 36.4 Å². The molecule has 2 rings (SSSR count). The highest BCUT2D eigenvalue weighted by atomic mass is 35.5. The molecular formula is C15H11ClO2. The highest BCUT2D eigenvalue weighted by Gasteiger charge is 2.01. The first-order valence-corrected chi connectivity index (χ1v) is 5.79.